The summed E-state index contributed by atoms with van der Waals surface area (Å²) >= 11 is 0. The molecule has 4 aromatic heterocycles. The molecule has 6 heterocycles. The van der Waals surface area contributed by atoms with Crippen LogP contribution in [0.3, 0.4) is 0 Å². The van der Waals surface area contributed by atoms with Crippen molar-refractivity contribution in [2.45, 2.75) is 76.7 Å². The van der Waals surface area contributed by atoms with Gasteiger partial charge < -0.3 is 19.5 Å². The molecule has 2 saturated carbocycles. The zero-order chi connectivity index (χ0) is 39.4. The number of carbonyl (C=O) groups is 3. The Bertz CT molecular complexity index is 2410. The Kier molecular flexibility index (Phi) is 9.67. The van der Waals surface area contributed by atoms with Crippen LogP contribution in [-0.4, -0.2) is 98.3 Å². The lowest BCUT2D eigenvalue weighted by Gasteiger charge is -2.39. The molecule has 4 amide bonds. The number of aromatic nitrogens is 5. The average molecular weight is 779 g/mol. The first kappa shape index (κ1) is 36.8. The van der Waals surface area contributed by atoms with E-state index in [1.165, 1.54) is 10.6 Å². The zero-order valence-corrected chi connectivity index (χ0v) is 32.1. The van der Waals surface area contributed by atoms with Gasteiger partial charge in [0.05, 0.1) is 58.6 Å². The van der Waals surface area contributed by atoms with Gasteiger partial charge in [0.15, 0.2) is 0 Å². The van der Waals surface area contributed by atoms with Gasteiger partial charge in [0, 0.05) is 76.0 Å². The highest BCUT2D eigenvalue weighted by Crippen LogP contribution is 2.38. The van der Waals surface area contributed by atoms with Crippen molar-refractivity contribution >= 4 is 51.3 Å². The number of hydrogen-bond donors (Lipinski definition) is 2. The van der Waals surface area contributed by atoms with Crippen LogP contribution in [0.2, 0.25) is 0 Å². The number of ether oxygens (including phenoxy) is 1. The SMILES string of the molecule is CC(C)Oc1cc2nn([C@H]3CC[C@H](CN4CCN(c5ccc6c(N7CCC(=O)NC7=O)cnn6c5)CC4)CC3)cc2cc1C(=O)Nc1cccn([C@H]2C[C@H]2F)c1=O. The quantitative estimate of drug-likeness (QED) is 0.196. The van der Waals surface area contributed by atoms with Gasteiger partial charge in [-0.2, -0.15) is 10.2 Å². The summed E-state index contributed by atoms with van der Waals surface area (Å²) in [6, 6.07) is 10.2. The van der Waals surface area contributed by atoms with Crippen molar-refractivity contribution in [1.29, 1.82) is 0 Å². The maximum absolute atomic E-state index is 13.7. The molecule has 5 aromatic rings. The molecule has 4 fully saturated rings. The normalized spacial score (nSPS) is 23.0. The van der Waals surface area contributed by atoms with E-state index in [0.29, 0.717) is 35.9 Å². The summed E-state index contributed by atoms with van der Waals surface area (Å²) < 4.78 is 25.0. The third kappa shape index (κ3) is 7.45. The highest BCUT2D eigenvalue weighted by molar-refractivity contribution is 6.09. The fourth-order valence-corrected chi connectivity index (χ4v) is 8.58. The van der Waals surface area contributed by atoms with Crippen LogP contribution in [0.25, 0.3) is 16.4 Å². The molecule has 298 valence electrons. The molecule has 4 aliphatic rings. The third-order valence-corrected chi connectivity index (χ3v) is 11.8. The van der Waals surface area contributed by atoms with Crippen LogP contribution in [-0.2, 0) is 4.79 Å². The van der Waals surface area contributed by atoms with Gasteiger partial charge in [0.25, 0.3) is 11.5 Å². The average Bonchev–Trinajstić information content (AvgIpc) is 3.55. The van der Waals surface area contributed by atoms with Crippen molar-refractivity contribution < 1.29 is 23.5 Å². The van der Waals surface area contributed by atoms with Gasteiger partial charge in [0.1, 0.15) is 17.6 Å². The first-order valence-corrected chi connectivity index (χ1v) is 20.0. The summed E-state index contributed by atoms with van der Waals surface area (Å²) in [6.07, 6.45) is 10.8. The molecule has 2 atom stereocenters. The number of rotatable bonds is 10. The summed E-state index contributed by atoms with van der Waals surface area (Å²) in [7, 11) is 0. The number of carbonyl (C=O) groups excluding carboxylic acids is 3. The number of nitrogens with zero attached hydrogens (tertiary/aromatic N) is 8. The molecule has 0 unspecified atom stereocenters. The molecule has 0 radical (unpaired) electrons. The topological polar surface area (TPSA) is 151 Å². The lowest BCUT2D eigenvalue weighted by Crippen LogP contribution is -2.49. The van der Waals surface area contributed by atoms with E-state index >= 15 is 0 Å². The van der Waals surface area contributed by atoms with Crippen molar-refractivity contribution in [3.63, 3.8) is 0 Å². The van der Waals surface area contributed by atoms with Gasteiger partial charge in [-0.3, -0.25) is 34.2 Å². The molecule has 2 aliphatic heterocycles. The number of fused-ring (bicyclic) bond motifs is 2. The van der Waals surface area contributed by atoms with Crippen LogP contribution in [0.4, 0.5) is 26.2 Å². The Morgan fingerprint density at radius 2 is 1.81 bits per heavy atom. The number of anilines is 3. The molecule has 16 heteroatoms. The molecule has 2 saturated heterocycles. The fourth-order valence-electron chi connectivity index (χ4n) is 8.58. The standard InChI is InChI=1S/C41H47FN10O5/c1-25(2)57-37-20-33-27(18-30(37)39(54)44-32-4-3-12-49(40(32)55)35-19-31(35)42)23-51(46-33)28-7-5-26(6-8-28)22-47-14-16-48(17-15-47)29-9-10-34-36(21-43-52(34)24-29)50-13-11-38(53)45-41(50)56/h3-4,9-10,12,18,20-21,23-26,28,31,35H,5-8,11,13-17,19,22H2,1-2H3,(H,44,54)(H,45,53,56)/t26-,28-,31-,35+/m1/s1. The second-order valence-corrected chi connectivity index (χ2v) is 16.1. The molecule has 57 heavy (non-hydrogen) atoms. The molecule has 1 aromatic carbocycles. The van der Waals surface area contributed by atoms with Gasteiger partial charge in [-0.05, 0) is 75.8 Å². The summed E-state index contributed by atoms with van der Waals surface area (Å²) in [4.78, 5) is 57.2. The fraction of sp³-hybridized carbons (Fsp3) is 0.463. The van der Waals surface area contributed by atoms with Crippen LogP contribution in [0, 0.1) is 5.92 Å². The number of hydrogen-bond acceptors (Lipinski definition) is 9. The van der Waals surface area contributed by atoms with E-state index in [4.69, 9.17) is 9.84 Å². The lowest BCUT2D eigenvalue weighted by atomic mass is 9.85. The Balaban J connectivity index is 0.802. The molecular formula is C41H47FN10O5. The first-order valence-electron chi connectivity index (χ1n) is 20.0. The summed E-state index contributed by atoms with van der Waals surface area (Å²) in [5.41, 5.74) is 3.32. The minimum Gasteiger partial charge on any atom is -0.490 e. The molecule has 2 aliphatic carbocycles. The summed E-state index contributed by atoms with van der Waals surface area (Å²) in [6.45, 7) is 8.98. The van der Waals surface area contributed by atoms with Gasteiger partial charge in [-0.25, -0.2) is 13.7 Å². The molecular weight excluding hydrogens is 732 g/mol. The van der Waals surface area contributed by atoms with Crippen LogP contribution in [0.1, 0.15) is 74.8 Å². The van der Waals surface area contributed by atoms with Gasteiger partial charge in [-0.15, -0.1) is 0 Å². The zero-order valence-electron chi connectivity index (χ0n) is 32.1. The molecule has 9 rings (SSSR count). The van der Waals surface area contributed by atoms with E-state index in [9.17, 15) is 23.6 Å². The van der Waals surface area contributed by atoms with E-state index in [0.717, 1.165) is 80.5 Å². The van der Waals surface area contributed by atoms with E-state index < -0.39 is 29.7 Å². The molecule has 2 N–H and O–H groups in total. The number of benzene rings is 1. The molecule has 15 nitrogen and oxygen atoms in total. The maximum Gasteiger partial charge on any atom is 0.328 e. The van der Waals surface area contributed by atoms with Crippen LogP contribution in [0.5, 0.6) is 5.75 Å². The van der Waals surface area contributed by atoms with E-state index in [-0.39, 0.29) is 30.2 Å². The monoisotopic (exact) mass is 778 g/mol. The van der Waals surface area contributed by atoms with Crippen molar-refractivity contribution in [2.24, 2.45) is 5.92 Å². The van der Waals surface area contributed by atoms with Gasteiger partial charge in [-0.1, -0.05) is 0 Å². The van der Waals surface area contributed by atoms with Crippen LogP contribution in [0.15, 0.2) is 66.0 Å². The number of piperazine rings is 1. The van der Waals surface area contributed by atoms with Crippen molar-refractivity contribution in [3.8, 4) is 5.75 Å². The smallest absolute Gasteiger partial charge is 0.328 e. The minimum atomic E-state index is -1.04. The number of alkyl halides is 1. The van der Waals surface area contributed by atoms with Crippen molar-refractivity contribution in [1.82, 2.24) is 34.2 Å². The van der Waals surface area contributed by atoms with E-state index in [1.807, 2.05) is 37.0 Å². The Hall–Kier alpha value is -5.77. The molecule has 0 spiro atoms. The second-order valence-electron chi connectivity index (χ2n) is 16.1. The minimum absolute atomic E-state index is 0.0980. The van der Waals surface area contributed by atoms with E-state index in [2.05, 4.69) is 31.6 Å². The second kappa shape index (κ2) is 15.0. The van der Waals surface area contributed by atoms with Crippen LogP contribution < -0.4 is 30.7 Å². The highest BCUT2D eigenvalue weighted by Gasteiger charge is 2.40. The third-order valence-electron chi connectivity index (χ3n) is 11.8. The highest BCUT2D eigenvalue weighted by atomic mass is 19.1. The number of halogens is 1. The predicted octanol–water partition coefficient (Wildman–Crippen LogP) is 5.17. The van der Waals surface area contributed by atoms with Gasteiger partial charge >= 0.3 is 6.03 Å². The van der Waals surface area contributed by atoms with Crippen molar-refractivity contribution in [3.05, 3.63) is 77.1 Å². The van der Waals surface area contributed by atoms with E-state index in [1.54, 1.807) is 40.0 Å². The van der Waals surface area contributed by atoms with Gasteiger partial charge in [0.2, 0.25) is 5.91 Å². The molecule has 0 bridgehead atoms. The number of pyridine rings is 2. The number of nitrogens with one attached hydrogen (secondary N) is 2. The Labute approximate surface area is 328 Å². The number of urea groups is 1. The van der Waals surface area contributed by atoms with Crippen molar-refractivity contribution in [2.75, 3.05) is 54.4 Å². The summed E-state index contributed by atoms with van der Waals surface area (Å²) in [5, 5.41) is 15.4. The number of amides is 4. The Morgan fingerprint density at radius 3 is 2.54 bits per heavy atom. The largest absolute Gasteiger partial charge is 0.490 e. The predicted molar refractivity (Wildman–Crippen MR) is 213 cm³/mol. The van der Waals surface area contributed by atoms with Crippen LogP contribution >= 0.6 is 0 Å². The Morgan fingerprint density at radius 1 is 1.02 bits per heavy atom. The number of imide groups is 1. The maximum atomic E-state index is 13.7. The lowest BCUT2D eigenvalue weighted by molar-refractivity contribution is -0.120. The first-order chi connectivity index (χ1) is 27.6. The summed E-state index contributed by atoms with van der Waals surface area (Å²) in [5.74, 6) is 0.275.